The van der Waals surface area contributed by atoms with Crippen molar-refractivity contribution in [1.29, 1.82) is 0 Å². The van der Waals surface area contributed by atoms with Gasteiger partial charge in [-0.05, 0) is 30.4 Å². The van der Waals surface area contributed by atoms with Gasteiger partial charge in [-0.3, -0.25) is 4.79 Å². The molecule has 1 aromatic rings. The fourth-order valence-electron chi connectivity index (χ4n) is 1.21. The predicted octanol–water partition coefficient (Wildman–Crippen LogP) is 3.26. The van der Waals surface area contributed by atoms with Crippen molar-refractivity contribution in [3.05, 3.63) is 29.8 Å². The largest absolute Gasteiger partial charge is 0.427 e. The molecular weight excluding hydrogens is 208 g/mol. The third-order valence-electron chi connectivity index (χ3n) is 1.92. The zero-order valence-electron chi connectivity index (χ0n) is 9.16. The van der Waals surface area contributed by atoms with Crippen LogP contribution in [0.5, 0.6) is 5.75 Å². The number of carbonyl (C=O) groups excluding carboxylic acids is 1. The molecule has 0 heterocycles. The van der Waals surface area contributed by atoms with Crippen molar-refractivity contribution in [2.75, 3.05) is 6.26 Å². The van der Waals surface area contributed by atoms with E-state index in [0.29, 0.717) is 12.2 Å². The minimum Gasteiger partial charge on any atom is -0.427 e. The highest BCUT2D eigenvalue weighted by molar-refractivity contribution is 7.97. The molecule has 1 rings (SSSR count). The smallest absolute Gasteiger partial charge is 0.311 e. The Balaban J connectivity index is 2.52. The molecule has 0 aromatic heterocycles. The van der Waals surface area contributed by atoms with Gasteiger partial charge in [0.15, 0.2) is 0 Å². The van der Waals surface area contributed by atoms with Crippen molar-refractivity contribution < 1.29 is 9.53 Å². The van der Waals surface area contributed by atoms with Gasteiger partial charge in [0.1, 0.15) is 5.75 Å². The molecule has 2 nitrogen and oxygen atoms in total. The second kappa shape index (κ2) is 6.51. The first kappa shape index (κ1) is 12.1. The van der Waals surface area contributed by atoms with E-state index in [0.717, 1.165) is 12.2 Å². The number of carbonyl (C=O) groups is 1. The summed E-state index contributed by atoms with van der Waals surface area (Å²) in [5.74, 6) is 1.47. The van der Waals surface area contributed by atoms with E-state index >= 15 is 0 Å². The van der Waals surface area contributed by atoms with Crippen LogP contribution in [0.1, 0.15) is 25.3 Å². The van der Waals surface area contributed by atoms with Crippen LogP contribution in [0.4, 0.5) is 0 Å². The van der Waals surface area contributed by atoms with E-state index in [4.69, 9.17) is 4.74 Å². The summed E-state index contributed by atoms with van der Waals surface area (Å²) in [4.78, 5) is 11.2. The van der Waals surface area contributed by atoms with E-state index < -0.39 is 0 Å². The lowest BCUT2D eigenvalue weighted by Crippen LogP contribution is -2.06. The summed E-state index contributed by atoms with van der Waals surface area (Å²) in [5.41, 5.74) is 1.25. The highest BCUT2D eigenvalue weighted by Crippen LogP contribution is 2.16. The summed E-state index contributed by atoms with van der Waals surface area (Å²) in [6, 6.07) is 7.67. The molecule has 0 amide bonds. The normalized spacial score (nSPS) is 10.0. The zero-order valence-corrected chi connectivity index (χ0v) is 9.97. The topological polar surface area (TPSA) is 26.3 Å². The Kier molecular flexibility index (Phi) is 5.26. The van der Waals surface area contributed by atoms with Crippen molar-refractivity contribution in [3.8, 4) is 5.75 Å². The molecule has 0 bridgehead atoms. The molecule has 0 aliphatic heterocycles. The number of benzene rings is 1. The fraction of sp³-hybridized carbons (Fsp3) is 0.417. The van der Waals surface area contributed by atoms with Crippen LogP contribution in [0.3, 0.4) is 0 Å². The molecule has 1 aromatic carbocycles. The average molecular weight is 224 g/mol. The summed E-state index contributed by atoms with van der Waals surface area (Å²) in [6.07, 6.45) is 3.37. The summed E-state index contributed by atoms with van der Waals surface area (Å²) >= 11 is 1.77. The first-order valence-corrected chi connectivity index (χ1v) is 6.44. The maximum absolute atomic E-state index is 11.2. The maximum Gasteiger partial charge on any atom is 0.311 e. The highest BCUT2D eigenvalue weighted by atomic mass is 32.2. The van der Waals surface area contributed by atoms with Gasteiger partial charge >= 0.3 is 5.97 Å². The zero-order chi connectivity index (χ0) is 11.1. The SMILES string of the molecule is CCCC(=O)Oc1ccc(CSC)cc1. The number of esters is 1. The molecule has 0 aliphatic carbocycles. The van der Waals surface area contributed by atoms with Gasteiger partial charge < -0.3 is 4.74 Å². The molecule has 0 saturated carbocycles. The van der Waals surface area contributed by atoms with E-state index in [1.165, 1.54) is 5.56 Å². The molecule has 0 atom stereocenters. The Bertz CT molecular complexity index is 306. The van der Waals surface area contributed by atoms with Crippen molar-refractivity contribution in [3.63, 3.8) is 0 Å². The highest BCUT2D eigenvalue weighted by Gasteiger charge is 2.02. The molecule has 0 unspecified atom stereocenters. The second-order valence-corrected chi connectivity index (χ2v) is 4.17. The van der Waals surface area contributed by atoms with Crippen LogP contribution in [0.25, 0.3) is 0 Å². The molecule has 0 spiro atoms. The molecule has 0 radical (unpaired) electrons. The van der Waals surface area contributed by atoms with Crippen molar-refractivity contribution in [2.24, 2.45) is 0 Å². The molecule has 0 fully saturated rings. The Morgan fingerprint density at radius 2 is 2.00 bits per heavy atom. The average Bonchev–Trinajstić information content (AvgIpc) is 2.22. The third-order valence-corrected chi connectivity index (χ3v) is 2.54. The van der Waals surface area contributed by atoms with E-state index in [1.807, 2.05) is 31.2 Å². The summed E-state index contributed by atoms with van der Waals surface area (Å²) < 4.78 is 5.14. The standard InChI is InChI=1S/C12H16O2S/c1-3-4-12(13)14-11-7-5-10(6-8-11)9-15-2/h5-8H,3-4,9H2,1-2H3. The Morgan fingerprint density at radius 1 is 1.33 bits per heavy atom. The Labute approximate surface area is 95.0 Å². The van der Waals surface area contributed by atoms with Crippen LogP contribution in [0.2, 0.25) is 0 Å². The molecule has 0 N–H and O–H groups in total. The quantitative estimate of drug-likeness (QED) is 0.567. The number of rotatable bonds is 5. The lowest BCUT2D eigenvalue weighted by molar-refractivity contribution is -0.134. The monoisotopic (exact) mass is 224 g/mol. The molecule has 0 aliphatic rings. The molecule has 15 heavy (non-hydrogen) atoms. The maximum atomic E-state index is 11.2. The Hall–Kier alpha value is -0.960. The number of hydrogen-bond donors (Lipinski definition) is 0. The van der Waals surface area contributed by atoms with Crippen LogP contribution in [0, 0.1) is 0 Å². The van der Waals surface area contributed by atoms with Gasteiger partial charge in [0.05, 0.1) is 0 Å². The van der Waals surface area contributed by atoms with E-state index in [-0.39, 0.29) is 5.97 Å². The van der Waals surface area contributed by atoms with Crippen molar-refractivity contribution >= 4 is 17.7 Å². The number of ether oxygens (including phenoxy) is 1. The lowest BCUT2D eigenvalue weighted by atomic mass is 10.2. The molecule has 82 valence electrons. The van der Waals surface area contributed by atoms with Crippen LogP contribution in [-0.4, -0.2) is 12.2 Å². The fourth-order valence-corrected chi connectivity index (χ4v) is 1.73. The minimum absolute atomic E-state index is 0.157. The summed E-state index contributed by atoms with van der Waals surface area (Å²) in [6.45, 7) is 1.96. The van der Waals surface area contributed by atoms with Gasteiger partial charge in [-0.25, -0.2) is 0 Å². The van der Waals surface area contributed by atoms with Gasteiger partial charge in [-0.15, -0.1) is 0 Å². The summed E-state index contributed by atoms with van der Waals surface area (Å²) in [7, 11) is 0. The number of thioether (sulfide) groups is 1. The minimum atomic E-state index is -0.157. The van der Waals surface area contributed by atoms with Crippen LogP contribution >= 0.6 is 11.8 Å². The Morgan fingerprint density at radius 3 is 2.53 bits per heavy atom. The first-order chi connectivity index (χ1) is 7.26. The number of hydrogen-bond acceptors (Lipinski definition) is 3. The third kappa shape index (κ3) is 4.38. The van der Waals surface area contributed by atoms with Gasteiger partial charge in [-0.2, -0.15) is 11.8 Å². The summed E-state index contributed by atoms with van der Waals surface area (Å²) in [5, 5.41) is 0. The van der Waals surface area contributed by atoms with Gasteiger partial charge in [-0.1, -0.05) is 19.1 Å². The van der Waals surface area contributed by atoms with Crippen LogP contribution in [-0.2, 0) is 10.5 Å². The predicted molar refractivity (Wildman–Crippen MR) is 64.2 cm³/mol. The van der Waals surface area contributed by atoms with Crippen molar-refractivity contribution in [2.45, 2.75) is 25.5 Å². The van der Waals surface area contributed by atoms with Gasteiger partial charge in [0, 0.05) is 12.2 Å². The second-order valence-electron chi connectivity index (χ2n) is 3.30. The van der Waals surface area contributed by atoms with Gasteiger partial charge in [0.25, 0.3) is 0 Å². The molecule has 0 saturated heterocycles. The van der Waals surface area contributed by atoms with E-state index in [1.54, 1.807) is 11.8 Å². The van der Waals surface area contributed by atoms with E-state index in [2.05, 4.69) is 6.26 Å². The van der Waals surface area contributed by atoms with Crippen LogP contribution in [0.15, 0.2) is 24.3 Å². The van der Waals surface area contributed by atoms with Crippen molar-refractivity contribution in [1.82, 2.24) is 0 Å². The van der Waals surface area contributed by atoms with Gasteiger partial charge in [0.2, 0.25) is 0 Å². The first-order valence-electron chi connectivity index (χ1n) is 5.04. The van der Waals surface area contributed by atoms with E-state index in [9.17, 15) is 4.79 Å². The van der Waals surface area contributed by atoms with Crippen LogP contribution < -0.4 is 4.74 Å². The molecule has 3 heteroatoms. The lowest BCUT2D eigenvalue weighted by Gasteiger charge is -2.04. The molecular formula is C12H16O2S.